The molecular weight excluding hydrogens is 482 g/mol. The van der Waals surface area contributed by atoms with E-state index in [1.54, 1.807) is 7.11 Å². The van der Waals surface area contributed by atoms with Crippen molar-refractivity contribution in [3.05, 3.63) is 96.1 Å². The van der Waals surface area contributed by atoms with Crippen molar-refractivity contribution in [2.75, 3.05) is 38.2 Å². The van der Waals surface area contributed by atoms with Crippen molar-refractivity contribution in [1.29, 1.82) is 0 Å². The fourth-order valence-corrected chi connectivity index (χ4v) is 5.87. The lowest BCUT2D eigenvalue weighted by atomic mass is 9.97. The molecule has 0 unspecified atom stereocenters. The first-order valence-electron chi connectivity index (χ1n) is 13.9. The molecule has 5 aromatic rings. The van der Waals surface area contributed by atoms with Crippen LogP contribution in [-0.2, 0) is 11.2 Å². The number of methoxy groups -OCH3 is 1. The van der Waals surface area contributed by atoms with E-state index in [2.05, 4.69) is 83.5 Å². The van der Waals surface area contributed by atoms with E-state index in [1.807, 2.05) is 23.1 Å². The molecule has 198 valence electrons. The maximum atomic E-state index is 13.2. The van der Waals surface area contributed by atoms with Gasteiger partial charge in [0.2, 0.25) is 5.91 Å². The highest BCUT2D eigenvalue weighted by Crippen LogP contribution is 2.34. The van der Waals surface area contributed by atoms with Gasteiger partial charge >= 0.3 is 0 Å². The molecule has 1 amide bonds. The summed E-state index contributed by atoms with van der Waals surface area (Å²) in [7, 11) is 1.71. The Labute approximate surface area is 230 Å². The van der Waals surface area contributed by atoms with Crippen molar-refractivity contribution in [1.82, 2.24) is 9.88 Å². The number of hydrogen-bond acceptors (Lipinski definition) is 3. The van der Waals surface area contributed by atoms with Crippen molar-refractivity contribution in [2.45, 2.75) is 26.2 Å². The summed E-state index contributed by atoms with van der Waals surface area (Å²) < 4.78 is 5.54. The number of aromatic nitrogens is 1. The zero-order valence-corrected chi connectivity index (χ0v) is 22.7. The van der Waals surface area contributed by atoms with Crippen LogP contribution in [-0.4, -0.2) is 49.1 Å². The summed E-state index contributed by atoms with van der Waals surface area (Å²) >= 11 is 0. The van der Waals surface area contributed by atoms with Crippen molar-refractivity contribution in [3.8, 4) is 17.0 Å². The third kappa shape index (κ3) is 5.09. The number of rotatable bonds is 7. The van der Waals surface area contributed by atoms with Crippen LogP contribution in [0.2, 0.25) is 0 Å². The monoisotopic (exact) mass is 517 g/mol. The first-order chi connectivity index (χ1) is 19.1. The van der Waals surface area contributed by atoms with E-state index in [4.69, 9.17) is 4.74 Å². The van der Waals surface area contributed by atoms with Gasteiger partial charge in [-0.2, -0.15) is 0 Å². The minimum atomic E-state index is 0.248. The number of carbonyl (C=O) groups excluding carboxylic acids is 1. The minimum absolute atomic E-state index is 0.248. The van der Waals surface area contributed by atoms with Gasteiger partial charge in [-0.05, 0) is 72.0 Å². The number of nitrogens with zero attached hydrogens (tertiary/aromatic N) is 2. The molecule has 1 aliphatic heterocycles. The molecule has 0 saturated carbocycles. The number of benzene rings is 4. The van der Waals surface area contributed by atoms with E-state index < -0.39 is 0 Å². The number of H-pyrrole nitrogens is 1. The molecule has 39 heavy (non-hydrogen) atoms. The van der Waals surface area contributed by atoms with Crippen LogP contribution < -0.4 is 9.64 Å². The molecule has 4 aromatic carbocycles. The molecule has 0 spiro atoms. The Kier molecular flexibility index (Phi) is 6.97. The van der Waals surface area contributed by atoms with E-state index >= 15 is 0 Å². The Hall–Kier alpha value is -4.25. The Morgan fingerprint density at radius 2 is 1.64 bits per heavy atom. The number of anilines is 1. The Balaban J connectivity index is 1.15. The fraction of sp³-hybridized carbons (Fsp3) is 0.265. The third-order valence-electron chi connectivity index (χ3n) is 7.98. The number of carbonyl (C=O) groups is 1. The SMILES string of the molecule is COc1ccccc1N1CCN(C(=O)CCCc2c(-c3ccc4ccccc4c3)[nH]c3ccc(C)cc23)CC1. The maximum absolute atomic E-state index is 13.2. The zero-order valence-electron chi connectivity index (χ0n) is 22.7. The van der Waals surface area contributed by atoms with Crippen LogP contribution in [0.1, 0.15) is 24.0 Å². The molecule has 0 bridgehead atoms. The second-order valence-corrected chi connectivity index (χ2v) is 10.5. The minimum Gasteiger partial charge on any atom is -0.495 e. The quantitative estimate of drug-likeness (QED) is 0.253. The van der Waals surface area contributed by atoms with Gasteiger partial charge in [0.25, 0.3) is 0 Å². The Bertz CT molecular complexity index is 1630. The van der Waals surface area contributed by atoms with Crippen LogP contribution in [0.15, 0.2) is 84.9 Å². The molecule has 5 nitrogen and oxygen atoms in total. The Morgan fingerprint density at radius 3 is 2.46 bits per heavy atom. The second-order valence-electron chi connectivity index (χ2n) is 10.5. The van der Waals surface area contributed by atoms with Crippen molar-refractivity contribution in [3.63, 3.8) is 0 Å². The number of hydrogen-bond donors (Lipinski definition) is 1. The summed E-state index contributed by atoms with van der Waals surface area (Å²) in [4.78, 5) is 21.2. The first-order valence-corrected chi connectivity index (χ1v) is 13.9. The van der Waals surface area contributed by atoms with Crippen LogP contribution in [0, 0.1) is 6.92 Å². The van der Waals surface area contributed by atoms with Gasteiger partial charge in [-0.3, -0.25) is 4.79 Å². The number of piperazine rings is 1. The number of nitrogens with one attached hydrogen (secondary N) is 1. The molecule has 0 radical (unpaired) electrons. The molecule has 1 aliphatic rings. The van der Waals surface area contributed by atoms with Crippen molar-refractivity contribution >= 4 is 33.3 Å². The molecule has 6 rings (SSSR count). The summed E-state index contributed by atoms with van der Waals surface area (Å²) in [6, 6.07) is 29.8. The number of fused-ring (bicyclic) bond motifs is 2. The zero-order chi connectivity index (χ0) is 26.8. The van der Waals surface area contributed by atoms with Gasteiger partial charge in [0.05, 0.1) is 12.8 Å². The van der Waals surface area contributed by atoms with E-state index in [-0.39, 0.29) is 5.91 Å². The van der Waals surface area contributed by atoms with Crippen molar-refractivity contribution in [2.24, 2.45) is 0 Å². The highest BCUT2D eigenvalue weighted by molar-refractivity contribution is 5.94. The number of aromatic amines is 1. The van der Waals surface area contributed by atoms with Gasteiger partial charge in [0, 0.05) is 49.2 Å². The number of aryl methyl sites for hydroxylation is 2. The van der Waals surface area contributed by atoms with Gasteiger partial charge in [0.15, 0.2) is 0 Å². The molecule has 1 fully saturated rings. The predicted octanol–water partition coefficient (Wildman–Crippen LogP) is 6.98. The van der Waals surface area contributed by atoms with Crippen molar-refractivity contribution < 1.29 is 9.53 Å². The smallest absolute Gasteiger partial charge is 0.222 e. The van der Waals surface area contributed by atoms with Gasteiger partial charge < -0.3 is 19.5 Å². The van der Waals surface area contributed by atoms with Gasteiger partial charge in [-0.1, -0.05) is 60.2 Å². The summed E-state index contributed by atoms with van der Waals surface area (Å²) in [5, 5.41) is 3.74. The molecular formula is C34H35N3O2. The Morgan fingerprint density at radius 1 is 0.872 bits per heavy atom. The highest BCUT2D eigenvalue weighted by atomic mass is 16.5. The lowest BCUT2D eigenvalue weighted by Crippen LogP contribution is -2.48. The molecule has 1 N–H and O–H groups in total. The summed E-state index contributed by atoms with van der Waals surface area (Å²) in [5.41, 5.74) is 7.16. The first kappa shape index (κ1) is 25.1. The lowest BCUT2D eigenvalue weighted by molar-refractivity contribution is -0.131. The average Bonchev–Trinajstić information content (AvgIpc) is 3.34. The molecule has 0 aliphatic carbocycles. The molecule has 1 aromatic heterocycles. The molecule has 5 heteroatoms. The summed E-state index contributed by atoms with van der Waals surface area (Å²) in [6.07, 6.45) is 2.25. The average molecular weight is 518 g/mol. The summed E-state index contributed by atoms with van der Waals surface area (Å²) in [6.45, 7) is 5.26. The number of ether oxygens (including phenoxy) is 1. The third-order valence-corrected chi connectivity index (χ3v) is 7.98. The van der Waals surface area contributed by atoms with Gasteiger partial charge in [0.1, 0.15) is 5.75 Å². The van der Waals surface area contributed by atoms with Gasteiger partial charge in [-0.15, -0.1) is 0 Å². The summed E-state index contributed by atoms with van der Waals surface area (Å²) in [5.74, 6) is 1.13. The normalized spacial score (nSPS) is 13.8. The van der Waals surface area contributed by atoms with Crippen LogP contribution in [0.4, 0.5) is 5.69 Å². The van der Waals surface area contributed by atoms with Crippen LogP contribution in [0.3, 0.4) is 0 Å². The fourth-order valence-electron chi connectivity index (χ4n) is 5.87. The second kappa shape index (κ2) is 10.9. The van der Waals surface area contributed by atoms with Crippen LogP contribution in [0.25, 0.3) is 32.9 Å². The topological polar surface area (TPSA) is 48.6 Å². The standard InChI is InChI=1S/C34H35N3O2/c1-24-14-17-30-29(22-24)28(34(35-30)27-16-15-25-8-3-4-9-26(25)23-27)10-7-13-33(38)37-20-18-36(19-21-37)31-11-5-6-12-32(31)39-2/h3-6,8-9,11-12,14-17,22-23,35H,7,10,13,18-21H2,1-2H3. The van der Waals surface area contributed by atoms with Crippen LogP contribution in [0.5, 0.6) is 5.75 Å². The highest BCUT2D eigenvalue weighted by Gasteiger charge is 2.23. The number of amides is 1. The van der Waals surface area contributed by atoms with E-state index in [1.165, 1.54) is 38.5 Å². The molecule has 1 saturated heterocycles. The van der Waals surface area contributed by atoms with E-state index in [0.29, 0.717) is 6.42 Å². The largest absolute Gasteiger partial charge is 0.495 e. The van der Waals surface area contributed by atoms with Crippen LogP contribution >= 0.6 is 0 Å². The molecule has 0 atom stereocenters. The van der Waals surface area contributed by atoms with E-state index in [9.17, 15) is 4.79 Å². The predicted molar refractivity (Wildman–Crippen MR) is 161 cm³/mol. The van der Waals surface area contributed by atoms with Gasteiger partial charge in [-0.25, -0.2) is 0 Å². The lowest BCUT2D eigenvalue weighted by Gasteiger charge is -2.36. The maximum Gasteiger partial charge on any atom is 0.222 e. The van der Waals surface area contributed by atoms with E-state index in [0.717, 1.165) is 56.0 Å². The number of para-hydroxylation sites is 2. The molecule has 2 heterocycles.